The van der Waals surface area contributed by atoms with Gasteiger partial charge in [0, 0.05) is 12.6 Å². The van der Waals surface area contributed by atoms with Crippen LogP contribution in [0.4, 0.5) is 5.69 Å². The number of hydrogen-bond donors (Lipinski definition) is 1. The Kier molecular flexibility index (Phi) is 3.73. The minimum atomic E-state index is -1.15. The van der Waals surface area contributed by atoms with E-state index in [0.717, 1.165) is 16.7 Å². The van der Waals surface area contributed by atoms with Gasteiger partial charge in [0.15, 0.2) is 0 Å². The average Bonchev–Trinajstić information content (AvgIpc) is 2.94. The van der Waals surface area contributed by atoms with E-state index in [0.29, 0.717) is 11.3 Å². The molecule has 3 rings (SSSR count). The predicted octanol–water partition coefficient (Wildman–Crippen LogP) is 1.71. The molecule has 6 nitrogen and oxygen atoms in total. The molecule has 2 aliphatic rings. The summed E-state index contributed by atoms with van der Waals surface area (Å²) in [6, 6.07) is 6.07. The summed E-state index contributed by atoms with van der Waals surface area (Å²) in [4.78, 5) is 39.0. The van der Waals surface area contributed by atoms with E-state index in [-0.39, 0.29) is 20.7 Å². The lowest BCUT2D eigenvalue weighted by molar-refractivity contribution is -0.144. The number of hydrogen-bond acceptors (Lipinski definition) is 5. The quantitative estimate of drug-likeness (QED) is 0.648. The van der Waals surface area contributed by atoms with Gasteiger partial charge in [0.05, 0.1) is 16.2 Å². The van der Waals surface area contributed by atoms with Crippen molar-refractivity contribution < 1.29 is 19.5 Å². The van der Waals surface area contributed by atoms with Crippen LogP contribution in [0, 0.1) is 0 Å². The Morgan fingerprint density at radius 1 is 1.26 bits per heavy atom. The fourth-order valence-corrected chi connectivity index (χ4v) is 4.05. The average molecular weight is 348 g/mol. The molecule has 0 bridgehead atoms. The summed E-state index contributed by atoms with van der Waals surface area (Å²) < 4.78 is 0.146. The molecule has 23 heavy (non-hydrogen) atoms. The van der Waals surface area contributed by atoms with Gasteiger partial charge in [-0.15, -0.1) is 0 Å². The molecule has 2 heterocycles. The minimum Gasteiger partial charge on any atom is -0.480 e. The molecule has 8 heteroatoms. The van der Waals surface area contributed by atoms with Crippen molar-refractivity contribution in [2.24, 2.45) is 0 Å². The highest BCUT2D eigenvalue weighted by atomic mass is 32.2. The first-order valence-corrected chi connectivity index (χ1v) is 7.97. The maximum Gasteiger partial charge on any atom is 0.326 e. The van der Waals surface area contributed by atoms with Crippen molar-refractivity contribution >= 4 is 57.3 Å². The van der Waals surface area contributed by atoms with Crippen LogP contribution in [0.5, 0.6) is 0 Å². The van der Waals surface area contributed by atoms with E-state index >= 15 is 0 Å². The van der Waals surface area contributed by atoms with Gasteiger partial charge < -0.3 is 10.0 Å². The van der Waals surface area contributed by atoms with Crippen molar-refractivity contribution in [3.05, 3.63) is 34.7 Å². The number of aliphatic carboxylic acids is 1. The van der Waals surface area contributed by atoms with Gasteiger partial charge in [-0.1, -0.05) is 42.2 Å². The van der Waals surface area contributed by atoms with E-state index in [1.807, 2.05) is 6.07 Å². The normalized spacial score (nSPS) is 21.9. The number of thioether (sulfide) groups is 1. The number of thiocarbonyl (C=S) groups is 1. The molecule has 1 N–H and O–H groups in total. The molecule has 2 aliphatic heterocycles. The van der Waals surface area contributed by atoms with Crippen molar-refractivity contribution in [2.45, 2.75) is 13.0 Å². The molecule has 0 spiro atoms. The first-order valence-electron chi connectivity index (χ1n) is 6.74. The van der Waals surface area contributed by atoms with Crippen LogP contribution in [-0.2, 0) is 14.4 Å². The van der Waals surface area contributed by atoms with Crippen LogP contribution in [0.25, 0.3) is 5.57 Å². The van der Waals surface area contributed by atoms with Gasteiger partial charge in [0.2, 0.25) is 0 Å². The summed E-state index contributed by atoms with van der Waals surface area (Å²) in [5.74, 6) is -1.99. The number of amides is 2. The Bertz CT molecular complexity index is 802. The van der Waals surface area contributed by atoms with Crippen molar-refractivity contribution in [2.75, 3.05) is 11.9 Å². The number of carboxylic acid groups (broad SMARTS) is 1. The Labute approximate surface area is 141 Å². The van der Waals surface area contributed by atoms with Gasteiger partial charge in [-0.25, -0.2) is 4.79 Å². The Hall–Kier alpha value is -2.19. The number of carboxylic acids is 1. The van der Waals surface area contributed by atoms with Crippen LogP contribution >= 0.6 is 24.0 Å². The highest BCUT2D eigenvalue weighted by molar-refractivity contribution is 8.26. The molecule has 118 valence electrons. The van der Waals surface area contributed by atoms with Crippen LogP contribution in [-0.4, -0.2) is 45.2 Å². The van der Waals surface area contributed by atoms with E-state index in [9.17, 15) is 14.4 Å². The van der Waals surface area contributed by atoms with Crippen LogP contribution in [0.15, 0.2) is 29.2 Å². The maximum absolute atomic E-state index is 12.6. The van der Waals surface area contributed by atoms with Gasteiger partial charge >= 0.3 is 5.97 Å². The third kappa shape index (κ3) is 2.25. The fraction of sp³-hybridized carbons (Fsp3) is 0.200. The molecule has 1 atom stereocenters. The lowest BCUT2D eigenvalue weighted by Gasteiger charge is -2.18. The molecular formula is C15H12N2O4S2. The second kappa shape index (κ2) is 5.47. The number of likely N-dealkylation sites (N-methyl/N-ethyl adjacent to an activating group) is 1. The number of carbonyl (C=O) groups excluding carboxylic acids is 2. The maximum atomic E-state index is 12.6. The van der Waals surface area contributed by atoms with Crippen LogP contribution in [0.2, 0.25) is 0 Å². The number of para-hydroxylation sites is 1. The zero-order valence-corrected chi connectivity index (χ0v) is 13.9. The number of nitrogens with zero attached hydrogens (tertiary/aromatic N) is 2. The van der Waals surface area contributed by atoms with Gasteiger partial charge in [-0.05, 0) is 13.0 Å². The lowest BCUT2D eigenvalue weighted by Crippen LogP contribution is -2.41. The number of fused-ring (bicyclic) bond motifs is 1. The van der Waals surface area contributed by atoms with Gasteiger partial charge in [0.1, 0.15) is 10.4 Å². The SMILES string of the molecule is CC(C(=O)O)N1C(=O)/C(=C2\C(=O)N(C)c3ccccc32)SC1=S. The molecule has 1 saturated heterocycles. The summed E-state index contributed by atoms with van der Waals surface area (Å²) in [5.41, 5.74) is 1.65. The lowest BCUT2D eigenvalue weighted by atomic mass is 10.1. The molecule has 0 aliphatic carbocycles. The molecule has 2 amide bonds. The second-order valence-corrected chi connectivity index (χ2v) is 6.79. The summed E-state index contributed by atoms with van der Waals surface area (Å²) in [6.45, 7) is 1.39. The molecule has 0 saturated carbocycles. The predicted molar refractivity (Wildman–Crippen MR) is 90.9 cm³/mol. The number of anilines is 1. The topological polar surface area (TPSA) is 77.9 Å². The van der Waals surface area contributed by atoms with E-state index in [2.05, 4.69) is 0 Å². The van der Waals surface area contributed by atoms with Crippen LogP contribution in [0.3, 0.4) is 0 Å². The first-order chi connectivity index (χ1) is 10.8. The molecule has 1 aromatic rings. The van der Waals surface area contributed by atoms with E-state index in [1.165, 1.54) is 11.8 Å². The van der Waals surface area contributed by atoms with Crippen LogP contribution < -0.4 is 4.90 Å². The smallest absolute Gasteiger partial charge is 0.326 e. The Morgan fingerprint density at radius 2 is 1.91 bits per heavy atom. The van der Waals surface area contributed by atoms with E-state index < -0.39 is 17.9 Å². The highest BCUT2D eigenvalue weighted by Crippen LogP contribution is 2.44. The van der Waals surface area contributed by atoms with Crippen LogP contribution in [0.1, 0.15) is 12.5 Å². The molecule has 1 fully saturated rings. The third-order valence-corrected chi connectivity index (χ3v) is 5.22. The molecule has 1 unspecified atom stereocenters. The zero-order valence-electron chi connectivity index (χ0n) is 12.3. The number of benzene rings is 1. The Balaban J connectivity index is 2.14. The monoisotopic (exact) mass is 348 g/mol. The van der Waals surface area contributed by atoms with Gasteiger partial charge in [-0.3, -0.25) is 14.5 Å². The largest absolute Gasteiger partial charge is 0.480 e. The standard InChI is InChI=1S/C15H12N2O4S2/c1-7(14(20)21)17-13(19)11(23-15(17)22)10-8-5-3-4-6-9(8)16(2)12(10)18/h3-7H,1-2H3,(H,20,21)/b11-10+. The number of carbonyl (C=O) groups is 3. The van der Waals surface area contributed by atoms with Crippen molar-refractivity contribution in [3.8, 4) is 0 Å². The van der Waals surface area contributed by atoms with Gasteiger partial charge in [-0.2, -0.15) is 0 Å². The summed E-state index contributed by atoms with van der Waals surface area (Å²) in [6.07, 6.45) is 0. The van der Waals surface area contributed by atoms with Crippen molar-refractivity contribution in [1.82, 2.24) is 4.90 Å². The summed E-state index contributed by atoms with van der Waals surface area (Å²) in [7, 11) is 1.63. The minimum absolute atomic E-state index is 0.146. The highest BCUT2D eigenvalue weighted by Gasteiger charge is 2.43. The molecule has 1 aromatic carbocycles. The number of rotatable bonds is 2. The van der Waals surface area contributed by atoms with Crippen molar-refractivity contribution in [3.63, 3.8) is 0 Å². The molecule has 0 aromatic heterocycles. The first kappa shape index (κ1) is 15.7. The zero-order chi connectivity index (χ0) is 16.9. The Morgan fingerprint density at radius 3 is 2.57 bits per heavy atom. The van der Waals surface area contributed by atoms with E-state index in [1.54, 1.807) is 25.2 Å². The van der Waals surface area contributed by atoms with Gasteiger partial charge in [0.25, 0.3) is 11.8 Å². The summed E-state index contributed by atoms with van der Waals surface area (Å²) in [5, 5.41) is 9.13. The molecular weight excluding hydrogens is 336 g/mol. The fourth-order valence-electron chi connectivity index (χ4n) is 2.56. The summed E-state index contributed by atoms with van der Waals surface area (Å²) >= 11 is 6.11. The van der Waals surface area contributed by atoms with Crippen molar-refractivity contribution in [1.29, 1.82) is 0 Å². The van der Waals surface area contributed by atoms with E-state index in [4.69, 9.17) is 17.3 Å². The second-order valence-electron chi connectivity index (χ2n) is 5.14. The molecule has 0 radical (unpaired) electrons. The third-order valence-electron chi connectivity index (χ3n) is 3.82.